The van der Waals surface area contributed by atoms with E-state index in [1.54, 1.807) is 24.3 Å². The van der Waals surface area contributed by atoms with Crippen LogP contribution in [0.5, 0.6) is 0 Å². The van der Waals surface area contributed by atoms with E-state index < -0.39 is 5.91 Å². The van der Waals surface area contributed by atoms with Crippen molar-refractivity contribution in [1.29, 1.82) is 0 Å². The molecule has 2 amide bonds. The molecule has 0 aromatic heterocycles. The van der Waals surface area contributed by atoms with Crippen LogP contribution in [0.4, 0.5) is 5.69 Å². The highest BCUT2D eigenvalue weighted by Gasteiger charge is 2.17. The van der Waals surface area contributed by atoms with Crippen LogP contribution in [0.3, 0.4) is 0 Å². The lowest BCUT2D eigenvalue weighted by Crippen LogP contribution is -2.19. The van der Waals surface area contributed by atoms with Gasteiger partial charge in [0.05, 0.1) is 6.42 Å². The van der Waals surface area contributed by atoms with Gasteiger partial charge in [-0.3, -0.25) is 9.59 Å². The molecule has 25 heavy (non-hydrogen) atoms. The Balaban J connectivity index is 1.63. The SMILES string of the molecule is NC(=O)c1ccccc1CC(=O)Nc1ccc2c3c(cccc13)CC2. The minimum Gasteiger partial charge on any atom is -0.366 e. The summed E-state index contributed by atoms with van der Waals surface area (Å²) in [5.41, 5.74) is 9.89. The van der Waals surface area contributed by atoms with Crippen LogP contribution in [0.1, 0.15) is 27.0 Å². The number of amides is 2. The lowest BCUT2D eigenvalue weighted by Gasteiger charge is -2.11. The first-order valence-corrected chi connectivity index (χ1v) is 8.34. The Morgan fingerprint density at radius 3 is 2.48 bits per heavy atom. The van der Waals surface area contributed by atoms with Crippen molar-refractivity contribution in [3.8, 4) is 0 Å². The number of primary amides is 1. The molecule has 4 nitrogen and oxygen atoms in total. The maximum Gasteiger partial charge on any atom is 0.248 e. The van der Waals surface area contributed by atoms with Gasteiger partial charge in [-0.25, -0.2) is 0 Å². The molecule has 0 saturated heterocycles. The summed E-state index contributed by atoms with van der Waals surface area (Å²) < 4.78 is 0. The van der Waals surface area contributed by atoms with E-state index in [0.29, 0.717) is 11.1 Å². The van der Waals surface area contributed by atoms with Crippen molar-refractivity contribution >= 4 is 28.3 Å². The lowest BCUT2D eigenvalue weighted by atomic mass is 10.0. The second-order valence-electron chi connectivity index (χ2n) is 6.36. The van der Waals surface area contributed by atoms with Crippen LogP contribution < -0.4 is 11.1 Å². The number of carbonyl (C=O) groups excluding carboxylic acids is 2. The van der Waals surface area contributed by atoms with Crippen molar-refractivity contribution in [3.05, 3.63) is 76.9 Å². The fourth-order valence-electron chi connectivity index (χ4n) is 3.64. The van der Waals surface area contributed by atoms with Crippen molar-refractivity contribution in [1.82, 2.24) is 0 Å². The number of anilines is 1. The molecule has 3 aromatic carbocycles. The molecule has 4 heteroatoms. The van der Waals surface area contributed by atoms with Crippen molar-refractivity contribution < 1.29 is 9.59 Å². The van der Waals surface area contributed by atoms with Gasteiger partial charge in [0.25, 0.3) is 0 Å². The van der Waals surface area contributed by atoms with Gasteiger partial charge in [-0.05, 0) is 47.1 Å². The number of hydrogen-bond donors (Lipinski definition) is 2. The van der Waals surface area contributed by atoms with E-state index >= 15 is 0 Å². The molecule has 0 aliphatic heterocycles. The Labute approximate surface area is 145 Å². The van der Waals surface area contributed by atoms with E-state index in [1.165, 1.54) is 16.5 Å². The number of benzene rings is 3. The lowest BCUT2D eigenvalue weighted by molar-refractivity contribution is -0.115. The molecular formula is C21H18N2O2. The van der Waals surface area contributed by atoms with Crippen LogP contribution in [0.25, 0.3) is 10.8 Å². The number of nitrogens with one attached hydrogen (secondary N) is 1. The summed E-state index contributed by atoms with van der Waals surface area (Å²) in [5.74, 6) is -0.680. The summed E-state index contributed by atoms with van der Waals surface area (Å²) >= 11 is 0. The number of rotatable bonds is 4. The maximum atomic E-state index is 12.5. The smallest absolute Gasteiger partial charge is 0.248 e. The van der Waals surface area contributed by atoms with Gasteiger partial charge >= 0.3 is 0 Å². The normalized spacial score (nSPS) is 12.3. The molecule has 0 spiro atoms. The summed E-state index contributed by atoms with van der Waals surface area (Å²) in [7, 11) is 0. The molecule has 0 saturated carbocycles. The molecule has 0 atom stereocenters. The van der Waals surface area contributed by atoms with Gasteiger partial charge in [0.2, 0.25) is 11.8 Å². The molecule has 1 aliphatic rings. The van der Waals surface area contributed by atoms with Crippen molar-refractivity contribution in [2.45, 2.75) is 19.3 Å². The van der Waals surface area contributed by atoms with Gasteiger partial charge in [-0.1, -0.05) is 42.5 Å². The Morgan fingerprint density at radius 2 is 1.68 bits per heavy atom. The van der Waals surface area contributed by atoms with Gasteiger partial charge in [0.1, 0.15) is 0 Å². The quantitative estimate of drug-likeness (QED) is 0.771. The predicted octanol–water partition coefficient (Wildman–Crippen LogP) is 3.22. The van der Waals surface area contributed by atoms with E-state index in [0.717, 1.165) is 23.9 Å². The minimum atomic E-state index is -0.520. The highest BCUT2D eigenvalue weighted by Crippen LogP contribution is 2.35. The first kappa shape index (κ1) is 15.4. The van der Waals surface area contributed by atoms with Crippen LogP contribution in [0.2, 0.25) is 0 Å². The van der Waals surface area contributed by atoms with Gasteiger partial charge < -0.3 is 11.1 Å². The van der Waals surface area contributed by atoms with Crippen LogP contribution in [-0.4, -0.2) is 11.8 Å². The van der Waals surface area contributed by atoms with Crippen molar-refractivity contribution in [3.63, 3.8) is 0 Å². The van der Waals surface area contributed by atoms with E-state index in [-0.39, 0.29) is 12.3 Å². The first-order valence-electron chi connectivity index (χ1n) is 8.34. The van der Waals surface area contributed by atoms with E-state index in [9.17, 15) is 9.59 Å². The number of carbonyl (C=O) groups is 2. The second kappa shape index (κ2) is 6.06. The summed E-state index contributed by atoms with van der Waals surface area (Å²) in [6.45, 7) is 0. The van der Waals surface area contributed by atoms with E-state index in [1.807, 2.05) is 18.2 Å². The molecule has 4 rings (SSSR count). The fourth-order valence-corrected chi connectivity index (χ4v) is 3.64. The van der Waals surface area contributed by atoms with Crippen molar-refractivity contribution in [2.24, 2.45) is 5.73 Å². The van der Waals surface area contributed by atoms with Crippen LogP contribution in [0.15, 0.2) is 54.6 Å². The highest BCUT2D eigenvalue weighted by atomic mass is 16.2. The Hall–Kier alpha value is -3.14. The fraction of sp³-hybridized carbons (Fsp3) is 0.143. The molecule has 3 aromatic rings. The third kappa shape index (κ3) is 2.76. The zero-order valence-electron chi connectivity index (χ0n) is 13.7. The average Bonchev–Trinajstić information content (AvgIpc) is 3.02. The van der Waals surface area contributed by atoms with E-state index in [4.69, 9.17) is 5.73 Å². The number of nitrogens with two attached hydrogens (primary N) is 1. The molecule has 3 N–H and O–H groups in total. The Morgan fingerprint density at radius 1 is 0.920 bits per heavy atom. The molecule has 0 unspecified atom stereocenters. The van der Waals surface area contributed by atoms with Crippen molar-refractivity contribution in [2.75, 3.05) is 5.32 Å². The molecule has 0 fully saturated rings. The average molecular weight is 330 g/mol. The third-order valence-corrected chi connectivity index (χ3v) is 4.78. The van der Waals surface area contributed by atoms with Gasteiger partial charge in [-0.15, -0.1) is 0 Å². The molecule has 124 valence electrons. The molecule has 0 radical (unpaired) electrons. The summed E-state index contributed by atoms with van der Waals surface area (Å²) in [6.07, 6.45) is 2.22. The van der Waals surface area contributed by atoms with Gasteiger partial charge in [0, 0.05) is 16.6 Å². The molecular weight excluding hydrogens is 312 g/mol. The molecule has 0 bridgehead atoms. The standard InChI is InChI=1S/C21H18N2O2/c22-21(25)16-6-2-1-4-15(16)12-19(24)23-18-11-10-14-9-8-13-5-3-7-17(18)20(13)14/h1-7,10-11H,8-9,12H2,(H2,22,25)(H,23,24). The predicted molar refractivity (Wildman–Crippen MR) is 98.6 cm³/mol. The minimum absolute atomic E-state index is 0.113. The first-order chi connectivity index (χ1) is 12.1. The number of aryl methyl sites for hydroxylation is 2. The Kier molecular flexibility index (Phi) is 3.73. The second-order valence-corrected chi connectivity index (χ2v) is 6.36. The van der Waals surface area contributed by atoms with Crippen LogP contribution >= 0.6 is 0 Å². The third-order valence-electron chi connectivity index (χ3n) is 4.78. The number of hydrogen-bond acceptors (Lipinski definition) is 2. The zero-order chi connectivity index (χ0) is 17.4. The highest BCUT2D eigenvalue weighted by molar-refractivity contribution is 6.06. The van der Waals surface area contributed by atoms with Crippen LogP contribution in [0, 0.1) is 0 Å². The molecule has 0 heterocycles. The summed E-state index contributed by atoms with van der Waals surface area (Å²) in [5, 5.41) is 5.33. The zero-order valence-corrected chi connectivity index (χ0v) is 13.7. The topological polar surface area (TPSA) is 72.2 Å². The largest absolute Gasteiger partial charge is 0.366 e. The summed E-state index contributed by atoms with van der Waals surface area (Å²) in [6, 6.07) is 17.2. The summed E-state index contributed by atoms with van der Waals surface area (Å²) in [4.78, 5) is 24.0. The van der Waals surface area contributed by atoms with Gasteiger partial charge in [0.15, 0.2) is 0 Å². The Bertz CT molecular complexity index is 998. The molecule has 1 aliphatic carbocycles. The van der Waals surface area contributed by atoms with E-state index in [2.05, 4.69) is 17.4 Å². The van der Waals surface area contributed by atoms with Gasteiger partial charge in [-0.2, -0.15) is 0 Å². The monoisotopic (exact) mass is 330 g/mol. The van der Waals surface area contributed by atoms with Crippen LogP contribution in [-0.2, 0) is 24.1 Å². The maximum absolute atomic E-state index is 12.5.